The molecule has 0 aromatic heterocycles. The standard InChI is InChI=1S/C12H18O2/c1-9-8-10(4-5-11(9)14)12(2,3)6-7-13/h4-5,8,13-14H,6-7H2,1-3H3. The van der Waals surface area contributed by atoms with E-state index in [1.54, 1.807) is 6.07 Å². The Bertz CT molecular complexity index is 316. The minimum Gasteiger partial charge on any atom is -0.508 e. The molecule has 0 aliphatic rings. The summed E-state index contributed by atoms with van der Waals surface area (Å²) in [4.78, 5) is 0. The van der Waals surface area contributed by atoms with Gasteiger partial charge in [-0.05, 0) is 36.0 Å². The molecule has 0 saturated carbocycles. The maximum atomic E-state index is 9.39. The summed E-state index contributed by atoms with van der Waals surface area (Å²) in [5.41, 5.74) is 2.00. The van der Waals surface area contributed by atoms with E-state index in [9.17, 15) is 5.11 Å². The molecule has 2 heteroatoms. The van der Waals surface area contributed by atoms with Crippen LogP contribution in [0.2, 0.25) is 0 Å². The molecule has 0 bridgehead atoms. The monoisotopic (exact) mass is 194 g/mol. The van der Waals surface area contributed by atoms with Crippen molar-refractivity contribution < 1.29 is 10.2 Å². The maximum Gasteiger partial charge on any atom is 0.118 e. The van der Waals surface area contributed by atoms with Gasteiger partial charge in [-0.1, -0.05) is 26.0 Å². The summed E-state index contributed by atoms with van der Waals surface area (Å²) in [6, 6.07) is 5.60. The second-order valence-electron chi connectivity index (χ2n) is 4.36. The Labute approximate surface area is 85.2 Å². The zero-order chi connectivity index (χ0) is 10.8. The zero-order valence-corrected chi connectivity index (χ0v) is 9.04. The Balaban J connectivity index is 3.01. The van der Waals surface area contributed by atoms with Gasteiger partial charge in [0.25, 0.3) is 0 Å². The van der Waals surface area contributed by atoms with E-state index < -0.39 is 0 Å². The molecule has 78 valence electrons. The number of phenols is 1. The Morgan fingerprint density at radius 3 is 2.43 bits per heavy atom. The Morgan fingerprint density at radius 2 is 1.93 bits per heavy atom. The molecule has 0 saturated heterocycles. The van der Waals surface area contributed by atoms with Gasteiger partial charge in [0.1, 0.15) is 5.75 Å². The third kappa shape index (κ3) is 2.26. The van der Waals surface area contributed by atoms with Gasteiger partial charge in [0.15, 0.2) is 0 Å². The molecule has 0 atom stereocenters. The van der Waals surface area contributed by atoms with Gasteiger partial charge in [0, 0.05) is 6.61 Å². The molecule has 0 fully saturated rings. The van der Waals surface area contributed by atoms with Crippen LogP contribution in [0.15, 0.2) is 18.2 Å². The van der Waals surface area contributed by atoms with Crippen LogP contribution in [0, 0.1) is 6.92 Å². The van der Waals surface area contributed by atoms with Crippen molar-refractivity contribution in [2.45, 2.75) is 32.6 Å². The second kappa shape index (κ2) is 4.01. The molecular weight excluding hydrogens is 176 g/mol. The van der Waals surface area contributed by atoms with Gasteiger partial charge in [-0.2, -0.15) is 0 Å². The van der Waals surface area contributed by atoms with Gasteiger partial charge < -0.3 is 10.2 Å². The fourth-order valence-corrected chi connectivity index (χ4v) is 1.50. The van der Waals surface area contributed by atoms with E-state index in [4.69, 9.17) is 5.11 Å². The van der Waals surface area contributed by atoms with Crippen molar-refractivity contribution in [3.63, 3.8) is 0 Å². The van der Waals surface area contributed by atoms with Crippen molar-refractivity contribution >= 4 is 0 Å². The highest BCUT2D eigenvalue weighted by atomic mass is 16.3. The van der Waals surface area contributed by atoms with E-state index in [0.29, 0.717) is 5.75 Å². The van der Waals surface area contributed by atoms with Crippen LogP contribution in [0.5, 0.6) is 5.75 Å². The summed E-state index contributed by atoms with van der Waals surface area (Å²) >= 11 is 0. The minimum absolute atomic E-state index is 0.0345. The number of hydrogen-bond acceptors (Lipinski definition) is 2. The third-order valence-corrected chi connectivity index (χ3v) is 2.72. The van der Waals surface area contributed by atoms with Crippen LogP contribution in [0.1, 0.15) is 31.4 Å². The molecule has 0 radical (unpaired) electrons. The average molecular weight is 194 g/mol. The summed E-state index contributed by atoms with van der Waals surface area (Å²) < 4.78 is 0. The largest absolute Gasteiger partial charge is 0.508 e. The molecule has 14 heavy (non-hydrogen) atoms. The van der Waals surface area contributed by atoms with Crippen LogP contribution in [0.3, 0.4) is 0 Å². The van der Waals surface area contributed by atoms with E-state index in [-0.39, 0.29) is 12.0 Å². The van der Waals surface area contributed by atoms with E-state index in [1.807, 2.05) is 19.1 Å². The summed E-state index contributed by atoms with van der Waals surface area (Å²) in [6.45, 7) is 6.25. The molecule has 0 aliphatic carbocycles. The number of aliphatic hydroxyl groups is 1. The normalized spacial score (nSPS) is 11.7. The van der Waals surface area contributed by atoms with Gasteiger partial charge in [0.05, 0.1) is 0 Å². The first-order valence-electron chi connectivity index (χ1n) is 4.88. The molecule has 1 aromatic carbocycles. The molecule has 1 aromatic rings. The molecule has 1 rings (SSSR count). The fraction of sp³-hybridized carbons (Fsp3) is 0.500. The van der Waals surface area contributed by atoms with Gasteiger partial charge in [-0.25, -0.2) is 0 Å². The zero-order valence-electron chi connectivity index (χ0n) is 9.04. The molecule has 0 unspecified atom stereocenters. The van der Waals surface area contributed by atoms with Crippen LogP contribution in [0.4, 0.5) is 0 Å². The molecule has 0 spiro atoms. The predicted molar refractivity (Wildman–Crippen MR) is 57.6 cm³/mol. The number of aryl methyl sites for hydroxylation is 1. The smallest absolute Gasteiger partial charge is 0.118 e. The van der Waals surface area contributed by atoms with E-state index in [1.165, 1.54) is 0 Å². The topological polar surface area (TPSA) is 40.5 Å². The van der Waals surface area contributed by atoms with Gasteiger partial charge in [0.2, 0.25) is 0 Å². The molecule has 2 nitrogen and oxygen atoms in total. The third-order valence-electron chi connectivity index (χ3n) is 2.72. The lowest BCUT2D eigenvalue weighted by Crippen LogP contribution is -2.18. The highest BCUT2D eigenvalue weighted by Gasteiger charge is 2.20. The number of aromatic hydroxyl groups is 1. The first kappa shape index (κ1) is 11.1. The van der Waals surface area contributed by atoms with Crippen LogP contribution in [-0.4, -0.2) is 16.8 Å². The number of aliphatic hydroxyl groups excluding tert-OH is 1. The van der Waals surface area contributed by atoms with E-state index >= 15 is 0 Å². The van der Waals surface area contributed by atoms with Crippen LogP contribution in [0.25, 0.3) is 0 Å². The fourth-order valence-electron chi connectivity index (χ4n) is 1.50. The lowest BCUT2D eigenvalue weighted by Gasteiger charge is -2.24. The SMILES string of the molecule is Cc1cc(C(C)(C)CCO)ccc1O. The highest BCUT2D eigenvalue weighted by molar-refractivity contribution is 5.37. The average Bonchev–Trinajstić information content (AvgIpc) is 2.09. The summed E-state index contributed by atoms with van der Waals surface area (Å²) in [5.74, 6) is 0.327. The number of phenolic OH excluding ortho intramolecular Hbond substituents is 1. The molecule has 2 N–H and O–H groups in total. The predicted octanol–water partition coefficient (Wildman–Crippen LogP) is 2.36. The summed E-state index contributed by atoms with van der Waals surface area (Å²) in [7, 11) is 0. The first-order valence-corrected chi connectivity index (χ1v) is 4.88. The van der Waals surface area contributed by atoms with Crippen molar-refractivity contribution in [2.24, 2.45) is 0 Å². The van der Waals surface area contributed by atoms with Gasteiger partial charge >= 0.3 is 0 Å². The Hall–Kier alpha value is -1.02. The second-order valence-corrected chi connectivity index (χ2v) is 4.36. The lowest BCUT2D eigenvalue weighted by atomic mass is 9.81. The molecular formula is C12H18O2. The number of hydrogen-bond donors (Lipinski definition) is 2. The number of benzene rings is 1. The van der Waals surface area contributed by atoms with E-state index in [2.05, 4.69) is 13.8 Å². The van der Waals surface area contributed by atoms with E-state index in [0.717, 1.165) is 17.5 Å². The first-order chi connectivity index (χ1) is 6.47. The molecule has 0 amide bonds. The van der Waals surface area contributed by atoms with Crippen molar-refractivity contribution in [1.82, 2.24) is 0 Å². The Morgan fingerprint density at radius 1 is 1.29 bits per heavy atom. The quantitative estimate of drug-likeness (QED) is 0.775. The van der Waals surface area contributed by atoms with Crippen molar-refractivity contribution in [2.75, 3.05) is 6.61 Å². The van der Waals surface area contributed by atoms with Gasteiger partial charge in [-0.3, -0.25) is 0 Å². The summed E-state index contributed by atoms with van der Waals surface area (Å²) in [6.07, 6.45) is 0.733. The van der Waals surface area contributed by atoms with Gasteiger partial charge in [-0.15, -0.1) is 0 Å². The molecule has 0 aliphatic heterocycles. The highest BCUT2D eigenvalue weighted by Crippen LogP contribution is 2.29. The lowest BCUT2D eigenvalue weighted by molar-refractivity contribution is 0.252. The van der Waals surface area contributed by atoms with Crippen molar-refractivity contribution in [1.29, 1.82) is 0 Å². The number of rotatable bonds is 3. The van der Waals surface area contributed by atoms with Crippen LogP contribution in [-0.2, 0) is 5.41 Å². The minimum atomic E-state index is -0.0345. The summed E-state index contributed by atoms with van der Waals surface area (Å²) in [5, 5.41) is 18.3. The van der Waals surface area contributed by atoms with Crippen molar-refractivity contribution in [3.8, 4) is 5.75 Å². The maximum absolute atomic E-state index is 9.39. The van der Waals surface area contributed by atoms with Crippen LogP contribution >= 0.6 is 0 Å². The Kier molecular flexibility index (Phi) is 3.17. The van der Waals surface area contributed by atoms with Crippen molar-refractivity contribution in [3.05, 3.63) is 29.3 Å². The molecule has 0 heterocycles. The van der Waals surface area contributed by atoms with Crippen LogP contribution < -0.4 is 0 Å².